The van der Waals surface area contributed by atoms with Crippen molar-refractivity contribution in [2.24, 2.45) is 0 Å². The summed E-state index contributed by atoms with van der Waals surface area (Å²) in [4.78, 5) is 23.9. The molecule has 0 radical (unpaired) electrons. The van der Waals surface area contributed by atoms with Crippen LogP contribution < -0.4 is 10.6 Å². The molecule has 0 aliphatic carbocycles. The van der Waals surface area contributed by atoms with Crippen LogP contribution >= 0.6 is 0 Å². The van der Waals surface area contributed by atoms with Crippen molar-refractivity contribution in [3.63, 3.8) is 0 Å². The molecule has 0 spiro atoms. The summed E-state index contributed by atoms with van der Waals surface area (Å²) < 4.78 is 23.0. The normalized spacial score (nSPS) is 15.7. The molecule has 0 saturated carbocycles. The molecule has 2 heterocycles. The van der Waals surface area contributed by atoms with E-state index < -0.39 is 10.8 Å². The molecule has 1 aromatic heterocycles. The minimum atomic E-state index is -0.955. The molecule has 1 saturated heterocycles. The number of carbonyl (C=O) groups excluding carboxylic acids is 2. The van der Waals surface area contributed by atoms with Crippen LogP contribution in [0.5, 0.6) is 0 Å². The molecule has 1 fully saturated rings. The van der Waals surface area contributed by atoms with Gasteiger partial charge in [-0.15, -0.1) is 0 Å². The predicted molar refractivity (Wildman–Crippen MR) is 116 cm³/mol. The van der Waals surface area contributed by atoms with E-state index in [9.17, 15) is 13.8 Å². The van der Waals surface area contributed by atoms with Gasteiger partial charge >= 0.3 is 0 Å². The monoisotopic (exact) mass is 430 g/mol. The number of carbonyl (C=O) groups is 2. The maximum Gasteiger partial charge on any atom is 0.244 e. The Morgan fingerprint density at radius 1 is 1.17 bits per heavy atom. The van der Waals surface area contributed by atoms with Crippen molar-refractivity contribution in [1.82, 2.24) is 5.32 Å². The lowest BCUT2D eigenvalue weighted by atomic mass is 10.2. The second-order valence-corrected chi connectivity index (χ2v) is 8.69. The average molecular weight is 431 g/mol. The highest BCUT2D eigenvalue weighted by atomic mass is 32.2. The highest BCUT2D eigenvalue weighted by Crippen LogP contribution is 2.19. The fourth-order valence-corrected chi connectivity index (χ4v) is 4.55. The molecule has 2 aromatic rings. The lowest BCUT2D eigenvalue weighted by Gasteiger charge is -2.21. The second-order valence-electron chi connectivity index (χ2n) is 6.98. The van der Waals surface area contributed by atoms with E-state index in [1.807, 2.05) is 18.2 Å². The number of amides is 2. The molecular weight excluding hydrogens is 404 g/mol. The van der Waals surface area contributed by atoms with Crippen molar-refractivity contribution in [2.75, 3.05) is 25.1 Å². The van der Waals surface area contributed by atoms with Crippen LogP contribution in [0.25, 0.3) is 6.08 Å². The third-order valence-electron chi connectivity index (χ3n) is 4.65. The maximum absolute atomic E-state index is 12.6. The van der Waals surface area contributed by atoms with Gasteiger partial charge in [0.15, 0.2) is 0 Å². The van der Waals surface area contributed by atoms with Gasteiger partial charge in [0.25, 0.3) is 0 Å². The van der Waals surface area contributed by atoms with Crippen molar-refractivity contribution < 1.29 is 23.0 Å². The highest BCUT2D eigenvalue weighted by molar-refractivity contribution is 7.84. The molecule has 160 valence electrons. The first kappa shape index (κ1) is 22.0. The zero-order valence-electron chi connectivity index (χ0n) is 16.7. The summed E-state index contributed by atoms with van der Waals surface area (Å²) in [6.45, 7) is 1.56. The van der Waals surface area contributed by atoms with E-state index >= 15 is 0 Å². The lowest BCUT2D eigenvalue weighted by molar-refractivity contribution is -0.117. The Bertz CT molecular complexity index is 889. The number of benzene rings is 1. The summed E-state index contributed by atoms with van der Waals surface area (Å²) in [7, 11) is -0.955. The van der Waals surface area contributed by atoms with E-state index in [0.717, 1.165) is 18.4 Å². The molecule has 1 aliphatic rings. The quantitative estimate of drug-likeness (QED) is 0.596. The zero-order chi connectivity index (χ0) is 21.2. The van der Waals surface area contributed by atoms with Crippen LogP contribution in [0.4, 0.5) is 5.69 Å². The van der Waals surface area contributed by atoms with Crippen LogP contribution in [0.2, 0.25) is 0 Å². The van der Waals surface area contributed by atoms with Gasteiger partial charge in [-0.05, 0) is 48.7 Å². The van der Waals surface area contributed by atoms with E-state index in [1.165, 1.54) is 12.3 Å². The molecule has 1 aromatic carbocycles. The first-order chi connectivity index (χ1) is 14.6. The van der Waals surface area contributed by atoms with Gasteiger partial charge in [-0.3, -0.25) is 13.8 Å². The summed E-state index contributed by atoms with van der Waals surface area (Å²) in [5.41, 5.74) is 1.58. The SMILES string of the molecule is O=C(/C=C/c1ccco1)NCCC(=O)Nc1cccc(CS(=O)C2CCOCC2)c1. The van der Waals surface area contributed by atoms with Crippen LogP contribution in [0.1, 0.15) is 30.6 Å². The first-order valence-electron chi connectivity index (χ1n) is 9.93. The fraction of sp³-hybridized carbons (Fsp3) is 0.364. The number of furan rings is 1. The molecule has 2 N–H and O–H groups in total. The van der Waals surface area contributed by atoms with E-state index in [1.54, 1.807) is 24.3 Å². The molecule has 0 bridgehead atoms. The van der Waals surface area contributed by atoms with Gasteiger partial charge in [-0.25, -0.2) is 0 Å². The fourth-order valence-electron chi connectivity index (χ4n) is 3.09. The van der Waals surface area contributed by atoms with Crippen LogP contribution in [-0.4, -0.2) is 41.0 Å². The summed E-state index contributed by atoms with van der Waals surface area (Å²) in [5.74, 6) is 0.553. The standard InChI is InChI=1S/C22H26N2O5S/c25-21(7-6-19-5-2-12-29-19)23-11-8-22(26)24-18-4-1-3-17(15-18)16-30(27)20-9-13-28-14-10-20/h1-7,12,15,20H,8-11,13-14,16H2,(H,23,25)(H,24,26)/b7-6+. The van der Waals surface area contributed by atoms with Gasteiger partial charge in [0.05, 0.1) is 6.26 Å². The minimum absolute atomic E-state index is 0.151. The third-order valence-corrected chi connectivity index (χ3v) is 6.49. The number of hydrogen-bond donors (Lipinski definition) is 2. The number of nitrogens with one attached hydrogen (secondary N) is 2. The van der Waals surface area contributed by atoms with Crippen LogP contribution in [0, 0.1) is 0 Å². The highest BCUT2D eigenvalue weighted by Gasteiger charge is 2.20. The molecule has 30 heavy (non-hydrogen) atoms. The minimum Gasteiger partial charge on any atom is -0.465 e. The number of anilines is 1. The number of ether oxygens (including phenoxy) is 1. The zero-order valence-corrected chi connectivity index (χ0v) is 17.5. The van der Waals surface area contributed by atoms with E-state index in [2.05, 4.69) is 10.6 Å². The van der Waals surface area contributed by atoms with Crippen molar-refractivity contribution in [3.05, 3.63) is 60.1 Å². The Hall–Kier alpha value is -2.71. The summed E-state index contributed by atoms with van der Waals surface area (Å²) in [6.07, 6.45) is 6.25. The largest absolute Gasteiger partial charge is 0.465 e. The van der Waals surface area contributed by atoms with Crippen molar-refractivity contribution in [3.8, 4) is 0 Å². The summed E-state index contributed by atoms with van der Waals surface area (Å²) >= 11 is 0. The van der Waals surface area contributed by atoms with E-state index in [4.69, 9.17) is 9.15 Å². The third kappa shape index (κ3) is 7.27. The van der Waals surface area contributed by atoms with Crippen molar-refractivity contribution in [2.45, 2.75) is 30.3 Å². The molecule has 1 atom stereocenters. The van der Waals surface area contributed by atoms with Gasteiger partial charge in [-0.1, -0.05) is 12.1 Å². The average Bonchev–Trinajstić information content (AvgIpc) is 3.27. The molecular formula is C22H26N2O5S. The summed E-state index contributed by atoms with van der Waals surface area (Å²) in [5, 5.41) is 5.65. The Morgan fingerprint density at radius 2 is 2.00 bits per heavy atom. The first-order valence-corrected chi connectivity index (χ1v) is 11.3. The van der Waals surface area contributed by atoms with Crippen LogP contribution in [0.15, 0.2) is 53.2 Å². The van der Waals surface area contributed by atoms with E-state index in [0.29, 0.717) is 30.4 Å². The van der Waals surface area contributed by atoms with Gasteiger partial charge in [-0.2, -0.15) is 0 Å². The van der Waals surface area contributed by atoms with Crippen molar-refractivity contribution >= 4 is 34.4 Å². The molecule has 1 aliphatic heterocycles. The van der Waals surface area contributed by atoms with E-state index in [-0.39, 0.29) is 30.0 Å². The van der Waals surface area contributed by atoms with Crippen LogP contribution in [0.3, 0.4) is 0 Å². The Kier molecular flexibility index (Phi) is 8.41. The number of hydrogen-bond acceptors (Lipinski definition) is 5. The molecule has 1 unspecified atom stereocenters. The second kappa shape index (κ2) is 11.5. The topological polar surface area (TPSA) is 97.6 Å². The molecule has 3 rings (SSSR count). The van der Waals surface area contributed by atoms with Crippen LogP contribution in [-0.2, 0) is 30.9 Å². The van der Waals surface area contributed by atoms with Crippen molar-refractivity contribution in [1.29, 1.82) is 0 Å². The smallest absolute Gasteiger partial charge is 0.244 e. The van der Waals surface area contributed by atoms with Gasteiger partial charge in [0.2, 0.25) is 11.8 Å². The Balaban J connectivity index is 1.41. The van der Waals surface area contributed by atoms with Gasteiger partial charge in [0, 0.05) is 59.7 Å². The van der Waals surface area contributed by atoms with Gasteiger partial charge < -0.3 is 19.8 Å². The Labute approximate surface area is 178 Å². The molecule has 2 amide bonds. The molecule has 8 heteroatoms. The maximum atomic E-state index is 12.6. The predicted octanol–water partition coefficient (Wildman–Crippen LogP) is 2.87. The lowest BCUT2D eigenvalue weighted by Crippen LogP contribution is -2.26. The van der Waals surface area contributed by atoms with Gasteiger partial charge in [0.1, 0.15) is 5.76 Å². The summed E-state index contributed by atoms with van der Waals surface area (Å²) in [6, 6.07) is 10.9. The number of rotatable bonds is 9. The molecule has 7 nitrogen and oxygen atoms in total. The Morgan fingerprint density at radius 3 is 2.77 bits per heavy atom.